The van der Waals surface area contributed by atoms with Gasteiger partial charge in [-0.05, 0) is 54.5 Å². The van der Waals surface area contributed by atoms with Crippen molar-refractivity contribution in [2.24, 2.45) is 0 Å². The molecule has 0 saturated carbocycles. The molecule has 1 aliphatic heterocycles. The lowest BCUT2D eigenvalue weighted by atomic mass is 10.1. The van der Waals surface area contributed by atoms with E-state index in [0.29, 0.717) is 43.9 Å². The lowest BCUT2D eigenvalue weighted by Crippen LogP contribution is -2.50. The van der Waals surface area contributed by atoms with E-state index < -0.39 is 10.0 Å². The van der Waals surface area contributed by atoms with Crippen molar-refractivity contribution in [1.29, 1.82) is 0 Å². The van der Waals surface area contributed by atoms with E-state index in [2.05, 4.69) is 0 Å². The molecule has 4 rings (SSSR count). The molecule has 0 bridgehead atoms. The second kappa shape index (κ2) is 8.05. The second-order valence-electron chi connectivity index (χ2n) is 7.55. The van der Waals surface area contributed by atoms with Crippen LogP contribution in [-0.4, -0.2) is 49.7 Å². The number of rotatable bonds is 5. The van der Waals surface area contributed by atoms with Crippen LogP contribution in [0.4, 0.5) is 0 Å². The Bertz CT molecular complexity index is 949. The summed E-state index contributed by atoms with van der Waals surface area (Å²) >= 11 is 0. The summed E-state index contributed by atoms with van der Waals surface area (Å²) in [7, 11) is -3.49. The van der Waals surface area contributed by atoms with E-state index >= 15 is 0 Å². The SMILES string of the molecule is O=C(CCc1ccccc1)N1CCN(S(=O)(=O)c2ccc3c(c2)CCC3)CC1. The fourth-order valence-electron chi connectivity index (χ4n) is 4.09. The molecule has 148 valence electrons. The standard InChI is InChI=1S/C22H26N2O3S/c25-22(12-9-18-5-2-1-3-6-18)23-13-15-24(16-14-23)28(26,27)21-11-10-19-7-4-8-20(19)17-21/h1-3,5-6,10-11,17H,4,7-9,12-16H2. The normalized spacial score (nSPS) is 17.5. The van der Waals surface area contributed by atoms with Gasteiger partial charge in [-0.2, -0.15) is 4.31 Å². The molecule has 1 aliphatic carbocycles. The number of amides is 1. The monoisotopic (exact) mass is 398 g/mol. The predicted molar refractivity (Wildman–Crippen MR) is 109 cm³/mol. The number of carbonyl (C=O) groups is 1. The van der Waals surface area contributed by atoms with Crippen LogP contribution in [-0.2, 0) is 34.1 Å². The van der Waals surface area contributed by atoms with Crippen LogP contribution in [0, 0.1) is 0 Å². The third kappa shape index (κ3) is 3.98. The zero-order valence-electron chi connectivity index (χ0n) is 16.0. The highest BCUT2D eigenvalue weighted by atomic mass is 32.2. The summed E-state index contributed by atoms with van der Waals surface area (Å²) in [6.45, 7) is 1.63. The van der Waals surface area contributed by atoms with Crippen molar-refractivity contribution in [2.45, 2.75) is 37.0 Å². The molecular weight excluding hydrogens is 372 g/mol. The number of carbonyl (C=O) groups excluding carboxylic acids is 1. The van der Waals surface area contributed by atoms with Crippen LogP contribution in [0.2, 0.25) is 0 Å². The van der Waals surface area contributed by atoms with Gasteiger partial charge in [0.05, 0.1) is 4.90 Å². The average Bonchev–Trinajstić information content (AvgIpc) is 3.21. The molecule has 1 saturated heterocycles. The Morgan fingerprint density at radius 1 is 0.893 bits per heavy atom. The van der Waals surface area contributed by atoms with Crippen molar-refractivity contribution in [3.8, 4) is 0 Å². The third-order valence-electron chi connectivity index (χ3n) is 5.77. The molecule has 2 aromatic carbocycles. The summed E-state index contributed by atoms with van der Waals surface area (Å²) in [6.07, 6.45) is 4.28. The zero-order chi connectivity index (χ0) is 19.6. The maximum Gasteiger partial charge on any atom is 0.243 e. The molecule has 0 radical (unpaired) electrons. The fraction of sp³-hybridized carbons (Fsp3) is 0.409. The van der Waals surface area contributed by atoms with Crippen molar-refractivity contribution in [3.05, 3.63) is 65.2 Å². The number of piperazine rings is 1. The number of aryl methyl sites for hydroxylation is 3. The Kier molecular flexibility index (Phi) is 5.51. The molecule has 2 aliphatic rings. The van der Waals surface area contributed by atoms with Gasteiger partial charge < -0.3 is 4.90 Å². The molecule has 1 fully saturated rings. The molecule has 1 heterocycles. The van der Waals surface area contributed by atoms with E-state index in [0.717, 1.165) is 30.4 Å². The van der Waals surface area contributed by atoms with Gasteiger partial charge in [0.1, 0.15) is 0 Å². The largest absolute Gasteiger partial charge is 0.340 e. The second-order valence-corrected chi connectivity index (χ2v) is 9.49. The molecule has 28 heavy (non-hydrogen) atoms. The van der Waals surface area contributed by atoms with Crippen LogP contribution >= 0.6 is 0 Å². The minimum absolute atomic E-state index is 0.0958. The Labute approximate surface area is 167 Å². The highest BCUT2D eigenvalue weighted by Crippen LogP contribution is 2.26. The number of nitrogens with zero attached hydrogens (tertiary/aromatic N) is 2. The number of hydrogen-bond donors (Lipinski definition) is 0. The highest BCUT2D eigenvalue weighted by molar-refractivity contribution is 7.89. The lowest BCUT2D eigenvalue weighted by molar-refractivity contribution is -0.132. The van der Waals surface area contributed by atoms with E-state index in [1.807, 2.05) is 42.5 Å². The summed E-state index contributed by atoms with van der Waals surface area (Å²) < 4.78 is 27.5. The van der Waals surface area contributed by atoms with Crippen LogP contribution in [0.3, 0.4) is 0 Å². The van der Waals surface area contributed by atoms with Crippen LogP contribution < -0.4 is 0 Å². The topological polar surface area (TPSA) is 57.7 Å². The van der Waals surface area contributed by atoms with Gasteiger partial charge in [0, 0.05) is 32.6 Å². The molecule has 0 atom stereocenters. The fourth-order valence-corrected chi connectivity index (χ4v) is 5.56. The molecule has 0 aromatic heterocycles. The van der Waals surface area contributed by atoms with Crippen LogP contribution in [0.25, 0.3) is 0 Å². The van der Waals surface area contributed by atoms with Crippen molar-refractivity contribution >= 4 is 15.9 Å². The van der Waals surface area contributed by atoms with Crippen LogP contribution in [0.5, 0.6) is 0 Å². The highest BCUT2D eigenvalue weighted by Gasteiger charge is 2.30. The Morgan fingerprint density at radius 3 is 2.36 bits per heavy atom. The molecule has 1 amide bonds. The lowest BCUT2D eigenvalue weighted by Gasteiger charge is -2.34. The first-order valence-electron chi connectivity index (χ1n) is 9.98. The maximum absolute atomic E-state index is 13.0. The molecule has 6 heteroatoms. The molecule has 0 N–H and O–H groups in total. The molecule has 0 unspecified atom stereocenters. The summed E-state index contributed by atoms with van der Waals surface area (Å²) in [5.41, 5.74) is 3.58. The third-order valence-corrected chi connectivity index (χ3v) is 7.66. The maximum atomic E-state index is 13.0. The first kappa shape index (κ1) is 19.2. The average molecular weight is 399 g/mol. The summed E-state index contributed by atoms with van der Waals surface area (Å²) in [4.78, 5) is 14.7. The van der Waals surface area contributed by atoms with E-state index in [9.17, 15) is 13.2 Å². The molecule has 2 aromatic rings. The van der Waals surface area contributed by atoms with Gasteiger partial charge in [-0.1, -0.05) is 36.4 Å². The van der Waals surface area contributed by atoms with Gasteiger partial charge in [0.15, 0.2) is 0 Å². The molecule has 0 spiro atoms. The first-order chi connectivity index (χ1) is 13.5. The van der Waals surface area contributed by atoms with E-state index in [1.54, 1.807) is 11.0 Å². The minimum atomic E-state index is -3.49. The number of sulfonamides is 1. The van der Waals surface area contributed by atoms with E-state index in [1.165, 1.54) is 9.87 Å². The molecule has 5 nitrogen and oxygen atoms in total. The summed E-state index contributed by atoms with van der Waals surface area (Å²) in [5, 5.41) is 0. The summed E-state index contributed by atoms with van der Waals surface area (Å²) in [6, 6.07) is 15.5. The van der Waals surface area contributed by atoms with Crippen LogP contribution in [0.15, 0.2) is 53.4 Å². The Balaban J connectivity index is 1.35. The number of benzene rings is 2. The number of fused-ring (bicyclic) bond motifs is 1. The van der Waals surface area contributed by atoms with Crippen molar-refractivity contribution in [2.75, 3.05) is 26.2 Å². The predicted octanol–water partition coefficient (Wildman–Crippen LogP) is 2.64. The Morgan fingerprint density at radius 2 is 1.61 bits per heavy atom. The Hall–Kier alpha value is -2.18. The van der Waals surface area contributed by atoms with Crippen molar-refractivity contribution < 1.29 is 13.2 Å². The van der Waals surface area contributed by atoms with E-state index in [4.69, 9.17) is 0 Å². The summed E-state index contributed by atoms with van der Waals surface area (Å²) in [5.74, 6) is 0.0958. The van der Waals surface area contributed by atoms with Crippen molar-refractivity contribution in [1.82, 2.24) is 9.21 Å². The minimum Gasteiger partial charge on any atom is -0.340 e. The van der Waals surface area contributed by atoms with Gasteiger partial charge in [-0.25, -0.2) is 8.42 Å². The quantitative estimate of drug-likeness (QED) is 0.778. The van der Waals surface area contributed by atoms with Gasteiger partial charge >= 0.3 is 0 Å². The number of hydrogen-bond acceptors (Lipinski definition) is 3. The smallest absolute Gasteiger partial charge is 0.243 e. The van der Waals surface area contributed by atoms with E-state index in [-0.39, 0.29) is 5.91 Å². The van der Waals surface area contributed by atoms with Gasteiger partial charge in [0.25, 0.3) is 0 Å². The zero-order valence-corrected chi connectivity index (χ0v) is 16.8. The van der Waals surface area contributed by atoms with Gasteiger partial charge in [-0.15, -0.1) is 0 Å². The van der Waals surface area contributed by atoms with Gasteiger partial charge in [0.2, 0.25) is 15.9 Å². The van der Waals surface area contributed by atoms with Crippen LogP contribution in [0.1, 0.15) is 29.5 Å². The van der Waals surface area contributed by atoms with Gasteiger partial charge in [-0.3, -0.25) is 4.79 Å². The van der Waals surface area contributed by atoms with Crippen molar-refractivity contribution in [3.63, 3.8) is 0 Å². The first-order valence-corrected chi connectivity index (χ1v) is 11.4. The molecular formula is C22H26N2O3S.